The molecule has 0 fully saturated rings. The maximum absolute atomic E-state index is 11.7. The minimum atomic E-state index is -0.169. The van der Waals surface area contributed by atoms with Crippen LogP contribution in [-0.4, -0.2) is 12.0 Å². The number of rotatable bonds is 5. The highest BCUT2D eigenvalue weighted by Gasteiger charge is 2.12. The predicted molar refractivity (Wildman–Crippen MR) is 82.4 cm³/mol. The lowest BCUT2D eigenvalue weighted by molar-refractivity contribution is -0.115. The number of carbonyl (C=O) groups is 1. The molecule has 1 atom stereocenters. The van der Waals surface area contributed by atoms with E-state index in [0.29, 0.717) is 5.75 Å². The Morgan fingerprint density at radius 2 is 1.95 bits per heavy atom. The maximum atomic E-state index is 11.7. The van der Waals surface area contributed by atoms with Gasteiger partial charge in [0.15, 0.2) is 11.5 Å². The third-order valence-corrected chi connectivity index (χ3v) is 3.23. The average Bonchev–Trinajstić information content (AvgIpc) is 2.50. The van der Waals surface area contributed by atoms with Gasteiger partial charge in [-0.25, -0.2) is 0 Å². The quantitative estimate of drug-likeness (QED) is 0.465. The number of oxime groups is 1. The second-order valence-electron chi connectivity index (χ2n) is 4.55. The average molecular weight is 267 g/mol. The van der Waals surface area contributed by atoms with E-state index in [1.165, 1.54) is 6.08 Å². The fraction of sp³-hybridized carbons (Fsp3) is 0.176. The van der Waals surface area contributed by atoms with Gasteiger partial charge >= 0.3 is 0 Å². The Morgan fingerprint density at radius 3 is 2.65 bits per heavy atom. The van der Waals surface area contributed by atoms with Crippen molar-refractivity contribution in [1.82, 2.24) is 0 Å². The first-order chi connectivity index (χ1) is 9.65. The topological polar surface area (TPSA) is 38.7 Å². The molecule has 3 heteroatoms. The Hall–Kier alpha value is -2.42. The monoisotopic (exact) mass is 267 g/mol. The summed E-state index contributed by atoms with van der Waals surface area (Å²) in [5, 5.41) is 5.87. The van der Waals surface area contributed by atoms with Gasteiger partial charge in [0, 0.05) is 12.1 Å². The highest BCUT2D eigenvalue weighted by molar-refractivity contribution is 5.95. The van der Waals surface area contributed by atoms with Crippen molar-refractivity contribution in [2.45, 2.75) is 19.8 Å². The summed E-state index contributed by atoms with van der Waals surface area (Å²) < 4.78 is 0. The number of allylic oxidation sites excluding steroid dienone is 1. The first-order valence-corrected chi connectivity index (χ1v) is 6.50. The standard InChI is InChI=1S/C17H17NO2/c1-4-17(19)12(3)13-6-7-15-11-16(20-18-5-2)9-8-14(15)10-13/h4-12H,1H2,2-3H3/b18-5+. The lowest BCUT2D eigenvalue weighted by atomic mass is 9.94. The van der Waals surface area contributed by atoms with E-state index in [-0.39, 0.29) is 11.7 Å². The van der Waals surface area contributed by atoms with Crippen molar-refractivity contribution < 1.29 is 9.63 Å². The van der Waals surface area contributed by atoms with Crippen LogP contribution in [0, 0.1) is 0 Å². The molecule has 2 rings (SSSR count). The molecule has 0 aliphatic carbocycles. The molecular formula is C17H17NO2. The molecule has 1 unspecified atom stereocenters. The number of carbonyl (C=O) groups excluding carboxylic acids is 1. The van der Waals surface area contributed by atoms with Gasteiger partial charge in [0.1, 0.15) is 0 Å². The fourth-order valence-electron chi connectivity index (χ4n) is 2.02. The molecule has 0 aliphatic heterocycles. The lowest BCUT2D eigenvalue weighted by Gasteiger charge is -2.10. The van der Waals surface area contributed by atoms with Crippen molar-refractivity contribution in [3.8, 4) is 5.75 Å². The molecule has 0 amide bonds. The van der Waals surface area contributed by atoms with Gasteiger partial charge in [-0.05, 0) is 41.5 Å². The van der Waals surface area contributed by atoms with E-state index in [4.69, 9.17) is 4.84 Å². The van der Waals surface area contributed by atoms with Crippen LogP contribution in [0.1, 0.15) is 25.3 Å². The molecule has 3 nitrogen and oxygen atoms in total. The summed E-state index contributed by atoms with van der Waals surface area (Å²) in [6, 6.07) is 11.7. The van der Waals surface area contributed by atoms with Gasteiger partial charge in [0.2, 0.25) is 0 Å². The molecule has 102 valence electrons. The van der Waals surface area contributed by atoms with Gasteiger partial charge in [-0.15, -0.1) is 0 Å². The summed E-state index contributed by atoms with van der Waals surface area (Å²) in [7, 11) is 0. The first kappa shape index (κ1) is 14.0. The summed E-state index contributed by atoms with van der Waals surface area (Å²) in [5.41, 5.74) is 0.989. The van der Waals surface area contributed by atoms with E-state index < -0.39 is 0 Å². The van der Waals surface area contributed by atoms with E-state index in [1.807, 2.05) is 43.3 Å². The molecule has 0 saturated heterocycles. The summed E-state index contributed by atoms with van der Waals surface area (Å²) >= 11 is 0. The number of fused-ring (bicyclic) bond motifs is 1. The van der Waals surface area contributed by atoms with Crippen LogP contribution in [0.25, 0.3) is 10.8 Å². The minimum absolute atomic E-state index is 0.0292. The third kappa shape index (κ3) is 2.94. The second-order valence-corrected chi connectivity index (χ2v) is 4.55. The number of benzene rings is 2. The minimum Gasteiger partial charge on any atom is -0.357 e. The van der Waals surface area contributed by atoms with Crippen LogP contribution in [0.2, 0.25) is 0 Å². The number of hydrogen-bond donors (Lipinski definition) is 0. The van der Waals surface area contributed by atoms with Crippen molar-refractivity contribution in [1.29, 1.82) is 0 Å². The zero-order valence-corrected chi connectivity index (χ0v) is 11.7. The molecule has 2 aromatic carbocycles. The van der Waals surface area contributed by atoms with Crippen molar-refractivity contribution >= 4 is 22.8 Å². The molecular weight excluding hydrogens is 250 g/mol. The van der Waals surface area contributed by atoms with Gasteiger partial charge in [-0.2, -0.15) is 0 Å². The Labute approximate surface area is 118 Å². The second kappa shape index (κ2) is 6.15. The lowest BCUT2D eigenvalue weighted by Crippen LogP contribution is -2.05. The summed E-state index contributed by atoms with van der Waals surface area (Å²) in [5.74, 6) is 0.553. The van der Waals surface area contributed by atoms with E-state index in [0.717, 1.165) is 16.3 Å². The Bertz CT molecular complexity index is 674. The van der Waals surface area contributed by atoms with Gasteiger partial charge < -0.3 is 4.84 Å². The normalized spacial score (nSPS) is 12.5. The van der Waals surface area contributed by atoms with Crippen molar-refractivity contribution in [2.75, 3.05) is 0 Å². The van der Waals surface area contributed by atoms with Crippen LogP contribution in [0.3, 0.4) is 0 Å². The van der Waals surface area contributed by atoms with Crippen molar-refractivity contribution in [3.63, 3.8) is 0 Å². The molecule has 2 aromatic rings. The Morgan fingerprint density at radius 1 is 1.25 bits per heavy atom. The molecule has 20 heavy (non-hydrogen) atoms. The Kier molecular flexibility index (Phi) is 4.31. The molecule has 0 saturated carbocycles. The molecule has 0 bridgehead atoms. The number of hydrogen-bond acceptors (Lipinski definition) is 3. The van der Waals surface area contributed by atoms with Gasteiger partial charge in [0.25, 0.3) is 0 Å². The summed E-state index contributed by atoms with van der Waals surface area (Å²) in [6.45, 7) is 7.21. The van der Waals surface area contributed by atoms with Crippen LogP contribution in [-0.2, 0) is 4.79 Å². The maximum Gasteiger partial charge on any atom is 0.162 e. The third-order valence-electron chi connectivity index (χ3n) is 3.23. The SMILES string of the molecule is C=CC(=O)C(C)c1ccc2cc(O/N=C/C)ccc2c1. The highest BCUT2D eigenvalue weighted by atomic mass is 16.6. The predicted octanol–water partition coefficient (Wildman–Crippen LogP) is 4.08. The molecule has 0 spiro atoms. The van der Waals surface area contributed by atoms with Gasteiger partial charge in [-0.1, -0.05) is 42.9 Å². The van der Waals surface area contributed by atoms with Gasteiger partial charge in [0.05, 0.1) is 0 Å². The summed E-state index contributed by atoms with van der Waals surface area (Å²) in [4.78, 5) is 16.9. The Balaban J connectivity index is 2.36. The summed E-state index contributed by atoms with van der Waals surface area (Å²) in [6.07, 6.45) is 2.96. The van der Waals surface area contributed by atoms with Crippen LogP contribution in [0.15, 0.2) is 54.2 Å². The molecule has 0 N–H and O–H groups in total. The van der Waals surface area contributed by atoms with Crippen molar-refractivity contribution in [3.05, 3.63) is 54.6 Å². The largest absolute Gasteiger partial charge is 0.357 e. The molecule has 0 aromatic heterocycles. The van der Waals surface area contributed by atoms with Crippen LogP contribution < -0.4 is 4.84 Å². The van der Waals surface area contributed by atoms with Crippen LogP contribution in [0.5, 0.6) is 5.75 Å². The highest BCUT2D eigenvalue weighted by Crippen LogP contribution is 2.25. The molecule has 0 radical (unpaired) electrons. The molecule has 0 aliphatic rings. The zero-order chi connectivity index (χ0) is 14.5. The number of nitrogens with zero attached hydrogens (tertiary/aromatic N) is 1. The van der Waals surface area contributed by atoms with E-state index in [9.17, 15) is 4.79 Å². The van der Waals surface area contributed by atoms with E-state index in [1.54, 1.807) is 13.1 Å². The fourth-order valence-corrected chi connectivity index (χ4v) is 2.02. The number of ketones is 1. The smallest absolute Gasteiger partial charge is 0.162 e. The van der Waals surface area contributed by atoms with E-state index >= 15 is 0 Å². The van der Waals surface area contributed by atoms with E-state index in [2.05, 4.69) is 11.7 Å². The zero-order valence-electron chi connectivity index (χ0n) is 11.7. The van der Waals surface area contributed by atoms with Crippen LogP contribution >= 0.6 is 0 Å². The first-order valence-electron chi connectivity index (χ1n) is 6.50. The molecule has 0 heterocycles. The van der Waals surface area contributed by atoms with Crippen LogP contribution in [0.4, 0.5) is 0 Å². The van der Waals surface area contributed by atoms with Crippen molar-refractivity contribution in [2.24, 2.45) is 5.16 Å². The van der Waals surface area contributed by atoms with Gasteiger partial charge in [-0.3, -0.25) is 4.79 Å².